The van der Waals surface area contributed by atoms with Crippen LogP contribution in [0.2, 0.25) is 10.0 Å². The van der Waals surface area contributed by atoms with Crippen molar-refractivity contribution >= 4 is 40.7 Å². The van der Waals surface area contributed by atoms with Crippen LogP contribution in [0, 0.1) is 17.5 Å². The van der Waals surface area contributed by atoms with Crippen LogP contribution in [0.4, 0.5) is 18.9 Å². The van der Waals surface area contributed by atoms with Crippen LogP contribution >= 0.6 is 23.2 Å². The molecular formula is C34H38Cl2F3N5O8. The maximum Gasteiger partial charge on any atom is 0.259 e. The maximum absolute atomic E-state index is 14.9. The van der Waals surface area contributed by atoms with Gasteiger partial charge >= 0.3 is 0 Å². The molecule has 1 saturated carbocycles. The number of benzene rings is 2. The van der Waals surface area contributed by atoms with Crippen LogP contribution in [0.1, 0.15) is 44.6 Å². The SMILES string of the molecule is O=C(COC1C(C(=O)N(c2cc(Cl)cc(Cl)c2)[C@H]2CCCC[C@@H]2O)OC(CO)C(O)C1n1cc(-c2cc(F)c(F)c(F)c2)nn1)N1CCC(O)CC1. The first-order chi connectivity index (χ1) is 24.9. The maximum atomic E-state index is 14.9. The molecule has 3 heterocycles. The minimum absolute atomic E-state index is 0.137. The predicted molar refractivity (Wildman–Crippen MR) is 180 cm³/mol. The molecule has 13 nitrogen and oxygen atoms in total. The fraction of sp³-hybridized carbons (Fsp3) is 0.529. The molecule has 18 heteroatoms. The Bertz CT molecular complexity index is 1720. The Morgan fingerprint density at radius 2 is 1.62 bits per heavy atom. The summed E-state index contributed by atoms with van der Waals surface area (Å²) in [7, 11) is 0. The van der Waals surface area contributed by atoms with Crippen LogP contribution in [0.25, 0.3) is 11.3 Å². The second kappa shape index (κ2) is 16.3. The summed E-state index contributed by atoms with van der Waals surface area (Å²) in [6, 6.07) is 3.67. The number of ether oxygens (including phenoxy) is 2. The number of rotatable bonds is 9. The van der Waals surface area contributed by atoms with Crippen molar-refractivity contribution in [2.45, 2.75) is 87.2 Å². The monoisotopic (exact) mass is 771 g/mol. The molecule has 1 aromatic heterocycles. The average molecular weight is 773 g/mol. The summed E-state index contributed by atoms with van der Waals surface area (Å²) < 4.78 is 55.3. The van der Waals surface area contributed by atoms with Gasteiger partial charge in [-0.1, -0.05) is 41.3 Å². The molecule has 2 aromatic carbocycles. The van der Waals surface area contributed by atoms with E-state index in [0.29, 0.717) is 50.7 Å². The Balaban J connectivity index is 1.41. The summed E-state index contributed by atoms with van der Waals surface area (Å²) in [5.74, 6) is -5.89. The van der Waals surface area contributed by atoms with Gasteiger partial charge in [0.25, 0.3) is 5.91 Å². The molecule has 7 atom stereocenters. The lowest BCUT2D eigenvalue weighted by Crippen LogP contribution is -2.63. The molecular weight excluding hydrogens is 734 g/mol. The number of hydrogen-bond acceptors (Lipinski definition) is 10. The number of aliphatic hydroxyl groups excluding tert-OH is 4. The molecule has 3 aliphatic rings. The number of aliphatic hydroxyl groups is 4. The van der Waals surface area contributed by atoms with Crippen molar-refractivity contribution in [2.24, 2.45) is 0 Å². The second-order valence-corrected chi connectivity index (χ2v) is 14.1. The predicted octanol–water partition coefficient (Wildman–Crippen LogP) is 3.04. The summed E-state index contributed by atoms with van der Waals surface area (Å²) in [5, 5.41) is 51.4. The number of nitrogens with zero attached hydrogens (tertiary/aromatic N) is 5. The van der Waals surface area contributed by atoms with E-state index in [-0.39, 0.29) is 40.1 Å². The van der Waals surface area contributed by atoms with Crippen molar-refractivity contribution in [1.82, 2.24) is 19.9 Å². The van der Waals surface area contributed by atoms with Gasteiger partial charge in [0.05, 0.1) is 31.1 Å². The number of carbonyl (C=O) groups is 2. The smallest absolute Gasteiger partial charge is 0.259 e. The fourth-order valence-electron chi connectivity index (χ4n) is 7.11. The van der Waals surface area contributed by atoms with E-state index in [1.54, 1.807) is 0 Å². The molecule has 6 rings (SSSR count). The average Bonchev–Trinajstić information content (AvgIpc) is 3.60. The molecule has 2 amide bonds. The van der Waals surface area contributed by atoms with Crippen LogP contribution in [0.5, 0.6) is 0 Å². The summed E-state index contributed by atoms with van der Waals surface area (Å²) >= 11 is 12.7. The lowest BCUT2D eigenvalue weighted by Gasteiger charge is -2.46. The van der Waals surface area contributed by atoms with Gasteiger partial charge in [-0.3, -0.25) is 9.59 Å². The normalized spacial score (nSPS) is 27.1. The number of amides is 2. The fourth-order valence-corrected chi connectivity index (χ4v) is 7.62. The molecule has 0 spiro atoms. The molecule has 282 valence electrons. The molecule has 3 aromatic rings. The molecule has 4 N–H and O–H groups in total. The first-order valence-electron chi connectivity index (χ1n) is 16.9. The lowest BCUT2D eigenvalue weighted by atomic mass is 9.88. The Labute approximate surface area is 306 Å². The Morgan fingerprint density at radius 3 is 2.25 bits per heavy atom. The highest BCUT2D eigenvalue weighted by atomic mass is 35.5. The number of halogens is 5. The van der Waals surface area contributed by atoms with Crippen molar-refractivity contribution in [2.75, 3.05) is 31.2 Å². The van der Waals surface area contributed by atoms with Crippen molar-refractivity contribution < 1.29 is 52.7 Å². The third-order valence-corrected chi connectivity index (χ3v) is 10.2. The third-order valence-electron chi connectivity index (χ3n) is 9.81. The van der Waals surface area contributed by atoms with E-state index < -0.39 is 91.2 Å². The molecule has 0 bridgehead atoms. The molecule has 1 aliphatic carbocycles. The lowest BCUT2D eigenvalue weighted by molar-refractivity contribution is -0.217. The largest absolute Gasteiger partial charge is 0.394 e. The molecule has 52 heavy (non-hydrogen) atoms. The highest BCUT2D eigenvalue weighted by molar-refractivity contribution is 6.35. The van der Waals surface area contributed by atoms with Crippen LogP contribution in [0.15, 0.2) is 36.5 Å². The van der Waals surface area contributed by atoms with Crippen molar-refractivity contribution in [3.8, 4) is 11.3 Å². The van der Waals surface area contributed by atoms with E-state index >= 15 is 0 Å². The zero-order valence-corrected chi connectivity index (χ0v) is 29.2. The molecule has 5 unspecified atom stereocenters. The van der Waals surface area contributed by atoms with E-state index in [1.165, 1.54) is 34.2 Å². The summed E-state index contributed by atoms with van der Waals surface area (Å²) in [6.07, 6.45) is -3.72. The zero-order valence-electron chi connectivity index (χ0n) is 27.7. The van der Waals surface area contributed by atoms with Crippen LogP contribution in [-0.4, -0.2) is 121 Å². The number of hydrogen-bond donors (Lipinski definition) is 4. The van der Waals surface area contributed by atoms with Gasteiger partial charge < -0.3 is 39.7 Å². The quantitative estimate of drug-likeness (QED) is 0.237. The van der Waals surface area contributed by atoms with Crippen molar-refractivity contribution in [1.29, 1.82) is 0 Å². The van der Waals surface area contributed by atoms with E-state index in [2.05, 4.69) is 10.3 Å². The van der Waals surface area contributed by atoms with E-state index in [4.69, 9.17) is 32.7 Å². The minimum Gasteiger partial charge on any atom is -0.394 e. The van der Waals surface area contributed by atoms with E-state index in [0.717, 1.165) is 4.68 Å². The van der Waals surface area contributed by atoms with Crippen LogP contribution in [-0.2, 0) is 19.1 Å². The molecule has 2 aliphatic heterocycles. The number of anilines is 1. The van der Waals surface area contributed by atoms with Crippen molar-refractivity contribution in [3.05, 3.63) is 64.0 Å². The van der Waals surface area contributed by atoms with Gasteiger partial charge in [-0.2, -0.15) is 0 Å². The van der Waals surface area contributed by atoms with Crippen molar-refractivity contribution in [3.63, 3.8) is 0 Å². The number of carbonyl (C=O) groups excluding carboxylic acids is 2. The standard InChI is InChI=1S/C34H38Cl2F3N5O8/c35-18-11-19(36)13-20(12-18)44(25-3-1-2-4-26(25)47)34(50)33-32(51-16-28(48)42-7-5-21(46)6-8-42)30(31(49)27(15-45)52-33)43-14-24(40-41-43)17-9-22(37)29(39)23(38)10-17/h9-14,21,25-27,30-33,45-47,49H,1-8,15-16H2/t25-,26-,27?,30?,31?,32?,33?/m0/s1. The van der Waals surface area contributed by atoms with Gasteiger partial charge in [0.1, 0.15) is 36.7 Å². The Kier molecular flexibility index (Phi) is 12.1. The first kappa shape index (κ1) is 38.4. The summed E-state index contributed by atoms with van der Waals surface area (Å²) in [5.41, 5.74) is -0.0988. The molecule has 0 radical (unpaired) electrons. The van der Waals surface area contributed by atoms with Gasteiger partial charge in [0.2, 0.25) is 5.91 Å². The zero-order chi connectivity index (χ0) is 37.3. The summed E-state index contributed by atoms with van der Waals surface area (Å²) in [6.45, 7) is -0.878. The number of piperidine rings is 1. The molecule has 2 saturated heterocycles. The van der Waals surface area contributed by atoms with Gasteiger partial charge in [-0.15, -0.1) is 5.10 Å². The second-order valence-electron chi connectivity index (χ2n) is 13.2. The van der Waals surface area contributed by atoms with Gasteiger partial charge in [0.15, 0.2) is 23.6 Å². The Hall–Kier alpha value is -3.35. The first-order valence-corrected chi connectivity index (χ1v) is 17.7. The third kappa shape index (κ3) is 8.09. The topological polar surface area (TPSA) is 171 Å². The van der Waals surface area contributed by atoms with Gasteiger partial charge in [-0.25, -0.2) is 17.9 Å². The van der Waals surface area contributed by atoms with E-state index in [1.807, 2.05) is 0 Å². The molecule has 3 fully saturated rings. The highest BCUT2D eigenvalue weighted by Gasteiger charge is 2.52. The van der Waals surface area contributed by atoms with Crippen LogP contribution in [0.3, 0.4) is 0 Å². The minimum atomic E-state index is -1.68. The summed E-state index contributed by atoms with van der Waals surface area (Å²) in [4.78, 5) is 31.1. The van der Waals surface area contributed by atoms with Gasteiger partial charge in [-0.05, 0) is 56.0 Å². The number of likely N-dealkylation sites (tertiary alicyclic amines) is 1. The number of aromatic nitrogens is 3. The van der Waals surface area contributed by atoms with E-state index in [9.17, 15) is 43.2 Å². The van der Waals surface area contributed by atoms with Crippen LogP contribution < -0.4 is 4.90 Å². The Morgan fingerprint density at radius 1 is 0.962 bits per heavy atom. The highest BCUT2D eigenvalue weighted by Crippen LogP contribution is 2.38. The van der Waals surface area contributed by atoms with Gasteiger partial charge in [0, 0.05) is 34.4 Å².